The third-order valence-electron chi connectivity index (χ3n) is 5.38. The molecule has 4 aliphatic heterocycles. The van der Waals surface area contributed by atoms with Crippen molar-refractivity contribution in [2.24, 2.45) is 5.16 Å². The van der Waals surface area contributed by atoms with E-state index in [1.807, 2.05) is 0 Å². The number of nitrogens with zero attached hydrogens (tertiary/aromatic N) is 1. The lowest BCUT2D eigenvalue weighted by molar-refractivity contribution is -0.355. The maximum absolute atomic E-state index is 10.3. The Labute approximate surface area is 155 Å². The molecule has 1 spiro atoms. The summed E-state index contributed by atoms with van der Waals surface area (Å²) >= 11 is 0. The second kappa shape index (κ2) is 6.58. The molecule has 0 saturated carbocycles. The number of aliphatic hydroxyl groups is 5. The Morgan fingerprint density at radius 2 is 1.70 bits per heavy atom. The molecule has 0 aromatic rings. The van der Waals surface area contributed by atoms with E-state index in [2.05, 4.69) is 5.16 Å². The van der Waals surface area contributed by atoms with Crippen molar-refractivity contribution < 1.29 is 49.3 Å². The molecule has 4 rings (SSSR count). The van der Waals surface area contributed by atoms with E-state index in [1.54, 1.807) is 13.8 Å². The molecule has 3 unspecified atom stereocenters. The van der Waals surface area contributed by atoms with Crippen molar-refractivity contribution in [2.75, 3.05) is 6.61 Å². The fraction of sp³-hybridized carbons (Fsp3) is 0.938. The maximum atomic E-state index is 10.3. The van der Waals surface area contributed by atoms with E-state index in [0.29, 0.717) is 5.71 Å². The van der Waals surface area contributed by atoms with E-state index in [4.69, 9.17) is 23.8 Å². The van der Waals surface area contributed by atoms with Crippen LogP contribution in [0.5, 0.6) is 0 Å². The Morgan fingerprint density at radius 3 is 2.41 bits per heavy atom. The van der Waals surface area contributed by atoms with Crippen molar-refractivity contribution in [3.8, 4) is 0 Å². The SMILES string of the molecule is CC1(C)O[C@@H]2[C@H](O1)[C@H](O)O[C@@H]2CC1=NOC2(C1)O[C@H](CO)C(O)[C@H](O)C2O. The van der Waals surface area contributed by atoms with Gasteiger partial charge in [-0.05, 0) is 13.8 Å². The first-order valence-electron chi connectivity index (χ1n) is 8.92. The Bertz CT molecular complexity index is 612. The fourth-order valence-corrected chi connectivity index (χ4v) is 4.09. The lowest BCUT2D eigenvalue weighted by atomic mass is 9.89. The Morgan fingerprint density at radius 1 is 1.00 bits per heavy atom. The first-order chi connectivity index (χ1) is 12.7. The molecule has 0 radical (unpaired) electrons. The van der Waals surface area contributed by atoms with Gasteiger partial charge in [-0.25, -0.2) is 0 Å². The zero-order valence-electron chi connectivity index (χ0n) is 15.0. The topological polar surface area (TPSA) is 160 Å². The Hall–Kier alpha value is -0.890. The van der Waals surface area contributed by atoms with Crippen molar-refractivity contribution in [1.82, 2.24) is 0 Å². The van der Waals surface area contributed by atoms with Gasteiger partial charge in [0.1, 0.15) is 30.5 Å². The number of ether oxygens (including phenoxy) is 4. The number of fused-ring (bicyclic) bond motifs is 1. The summed E-state index contributed by atoms with van der Waals surface area (Å²) in [7, 11) is 0. The standard InChI is InChI=1S/C16H25NO10/c1-15(2)25-11-7(23-14(22)12(11)26-15)3-6-4-16(27-17-6)13(21)10(20)9(19)8(5-18)24-16/h7-14,18-22H,3-5H2,1-2H3/t7-,8-,9?,10+,11+,12+,13?,14-,16?/m1/s1. The molecule has 4 heterocycles. The number of hydrogen-bond donors (Lipinski definition) is 5. The smallest absolute Gasteiger partial charge is 0.271 e. The third kappa shape index (κ3) is 3.16. The minimum atomic E-state index is -1.70. The van der Waals surface area contributed by atoms with E-state index < -0.39 is 67.2 Å². The van der Waals surface area contributed by atoms with Gasteiger partial charge >= 0.3 is 0 Å². The number of aliphatic hydroxyl groups excluding tert-OH is 5. The lowest BCUT2D eigenvalue weighted by Crippen LogP contribution is -2.65. The molecular formula is C16H25NO10. The summed E-state index contributed by atoms with van der Waals surface area (Å²) in [6.07, 6.45) is -8.29. The van der Waals surface area contributed by atoms with Gasteiger partial charge in [-0.15, -0.1) is 0 Å². The van der Waals surface area contributed by atoms with E-state index in [0.717, 1.165) is 0 Å². The molecule has 0 amide bonds. The summed E-state index contributed by atoms with van der Waals surface area (Å²) in [6, 6.07) is 0. The third-order valence-corrected chi connectivity index (χ3v) is 5.38. The molecule has 0 aromatic carbocycles. The van der Waals surface area contributed by atoms with Crippen LogP contribution in [0.25, 0.3) is 0 Å². The zero-order valence-corrected chi connectivity index (χ0v) is 15.0. The quantitative estimate of drug-likeness (QED) is 0.350. The highest BCUT2D eigenvalue weighted by atomic mass is 16.8. The number of hydrogen-bond acceptors (Lipinski definition) is 11. The predicted octanol–water partition coefficient (Wildman–Crippen LogP) is -2.44. The Kier molecular flexibility index (Phi) is 4.73. The van der Waals surface area contributed by atoms with Crippen molar-refractivity contribution in [2.45, 2.75) is 87.3 Å². The van der Waals surface area contributed by atoms with Crippen LogP contribution in [0.2, 0.25) is 0 Å². The van der Waals surface area contributed by atoms with Gasteiger partial charge in [0.25, 0.3) is 5.79 Å². The van der Waals surface area contributed by atoms with Crippen LogP contribution in [-0.4, -0.2) is 98.4 Å². The summed E-state index contributed by atoms with van der Waals surface area (Å²) in [5.41, 5.74) is 0.459. The first kappa shape index (κ1) is 19.4. The molecule has 3 saturated heterocycles. The van der Waals surface area contributed by atoms with Crippen LogP contribution < -0.4 is 0 Å². The molecule has 0 aliphatic carbocycles. The average molecular weight is 391 g/mol. The van der Waals surface area contributed by atoms with E-state index in [1.165, 1.54) is 0 Å². The second-order valence-corrected chi connectivity index (χ2v) is 7.84. The summed E-state index contributed by atoms with van der Waals surface area (Å²) in [6.45, 7) is 2.93. The molecule has 11 heteroatoms. The molecule has 0 bridgehead atoms. The molecule has 5 N–H and O–H groups in total. The van der Waals surface area contributed by atoms with Gasteiger partial charge in [-0.1, -0.05) is 5.16 Å². The minimum absolute atomic E-state index is 0.00790. The van der Waals surface area contributed by atoms with Crippen LogP contribution in [-0.2, 0) is 23.8 Å². The van der Waals surface area contributed by atoms with Crippen LogP contribution in [0, 0.1) is 0 Å². The molecular weight excluding hydrogens is 366 g/mol. The van der Waals surface area contributed by atoms with Crippen molar-refractivity contribution >= 4 is 5.71 Å². The highest BCUT2D eigenvalue weighted by Crippen LogP contribution is 2.42. The van der Waals surface area contributed by atoms with Gasteiger partial charge in [0, 0.05) is 6.42 Å². The summed E-state index contributed by atoms with van der Waals surface area (Å²) < 4.78 is 22.5. The summed E-state index contributed by atoms with van der Waals surface area (Å²) in [5, 5.41) is 53.5. The van der Waals surface area contributed by atoms with Gasteiger partial charge in [-0.2, -0.15) is 0 Å². The predicted molar refractivity (Wildman–Crippen MR) is 85.2 cm³/mol. The van der Waals surface area contributed by atoms with E-state index in [-0.39, 0.29) is 12.8 Å². The first-order valence-corrected chi connectivity index (χ1v) is 8.92. The highest BCUT2D eigenvalue weighted by molar-refractivity contribution is 5.86. The van der Waals surface area contributed by atoms with Gasteiger partial charge < -0.3 is 49.3 Å². The number of oxime groups is 1. The van der Waals surface area contributed by atoms with Crippen molar-refractivity contribution in [3.63, 3.8) is 0 Å². The molecule has 11 nitrogen and oxygen atoms in total. The molecule has 27 heavy (non-hydrogen) atoms. The van der Waals surface area contributed by atoms with Crippen LogP contribution in [0.1, 0.15) is 26.7 Å². The maximum Gasteiger partial charge on any atom is 0.271 e. The molecule has 9 atom stereocenters. The average Bonchev–Trinajstić information content (AvgIpc) is 3.24. The minimum Gasteiger partial charge on any atom is -0.394 e. The van der Waals surface area contributed by atoms with Gasteiger partial charge in [-0.3, -0.25) is 0 Å². The van der Waals surface area contributed by atoms with Crippen molar-refractivity contribution in [1.29, 1.82) is 0 Å². The summed E-state index contributed by atoms with van der Waals surface area (Å²) in [5.74, 6) is -2.55. The normalized spacial score (nSPS) is 51.3. The Balaban J connectivity index is 1.44. The van der Waals surface area contributed by atoms with E-state index in [9.17, 15) is 25.5 Å². The molecule has 3 fully saturated rings. The van der Waals surface area contributed by atoms with Gasteiger partial charge in [0.15, 0.2) is 18.2 Å². The van der Waals surface area contributed by atoms with Crippen LogP contribution in [0.4, 0.5) is 0 Å². The molecule has 0 aromatic heterocycles. The zero-order chi connectivity index (χ0) is 19.6. The number of rotatable bonds is 3. The van der Waals surface area contributed by atoms with Gasteiger partial charge in [0.2, 0.25) is 0 Å². The van der Waals surface area contributed by atoms with Gasteiger partial charge in [0.05, 0.1) is 24.8 Å². The molecule has 4 aliphatic rings. The summed E-state index contributed by atoms with van der Waals surface area (Å²) in [4.78, 5) is 5.29. The van der Waals surface area contributed by atoms with E-state index >= 15 is 0 Å². The largest absolute Gasteiger partial charge is 0.394 e. The van der Waals surface area contributed by atoms with Crippen LogP contribution in [0.15, 0.2) is 5.16 Å². The molecule has 154 valence electrons. The lowest BCUT2D eigenvalue weighted by Gasteiger charge is -2.44. The fourth-order valence-electron chi connectivity index (χ4n) is 4.09. The van der Waals surface area contributed by atoms with Crippen molar-refractivity contribution in [3.05, 3.63) is 0 Å². The monoisotopic (exact) mass is 391 g/mol. The van der Waals surface area contributed by atoms with Crippen LogP contribution in [0.3, 0.4) is 0 Å². The van der Waals surface area contributed by atoms with Crippen LogP contribution >= 0.6 is 0 Å². The highest BCUT2D eigenvalue weighted by Gasteiger charge is 2.60. The second-order valence-electron chi connectivity index (χ2n) is 7.84.